The Labute approximate surface area is 125 Å². The fourth-order valence-electron chi connectivity index (χ4n) is 3.22. The van der Waals surface area contributed by atoms with Crippen molar-refractivity contribution in [2.24, 2.45) is 0 Å². The minimum atomic E-state index is -0.175. The van der Waals surface area contributed by atoms with Crippen LogP contribution in [0.1, 0.15) is 36.8 Å². The zero-order valence-corrected chi connectivity index (χ0v) is 12.1. The Morgan fingerprint density at radius 1 is 1.05 bits per heavy atom. The lowest BCUT2D eigenvalue weighted by Crippen LogP contribution is -2.44. The van der Waals surface area contributed by atoms with Crippen LogP contribution in [0.15, 0.2) is 54.9 Å². The van der Waals surface area contributed by atoms with E-state index in [9.17, 15) is 4.79 Å². The van der Waals surface area contributed by atoms with Crippen molar-refractivity contribution in [1.29, 1.82) is 0 Å². The molecular weight excluding hydrogens is 260 g/mol. The number of nitrogens with one attached hydrogen (secondary N) is 1. The maximum atomic E-state index is 12.4. The molecule has 1 aromatic carbocycles. The summed E-state index contributed by atoms with van der Waals surface area (Å²) in [6.45, 7) is 0. The summed E-state index contributed by atoms with van der Waals surface area (Å²) in [6.07, 6.45) is 8.26. The number of aromatic nitrogens is 1. The predicted octanol–water partition coefficient (Wildman–Crippen LogP) is 3.21. The van der Waals surface area contributed by atoms with Crippen molar-refractivity contribution >= 4 is 5.91 Å². The molecule has 3 nitrogen and oxygen atoms in total. The first-order valence-corrected chi connectivity index (χ1v) is 7.54. The van der Waals surface area contributed by atoms with E-state index in [4.69, 9.17) is 0 Å². The SMILES string of the molecule is O=C(Cc1ccncc1)NC1(c2ccccc2)CCCC1. The summed E-state index contributed by atoms with van der Waals surface area (Å²) in [4.78, 5) is 16.4. The van der Waals surface area contributed by atoms with Crippen LogP contribution in [0, 0.1) is 0 Å². The van der Waals surface area contributed by atoms with Crippen molar-refractivity contribution in [3.63, 3.8) is 0 Å². The Morgan fingerprint density at radius 3 is 2.38 bits per heavy atom. The van der Waals surface area contributed by atoms with Gasteiger partial charge in [-0.15, -0.1) is 0 Å². The molecule has 0 bridgehead atoms. The maximum absolute atomic E-state index is 12.4. The molecule has 21 heavy (non-hydrogen) atoms. The first-order chi connectivity index (χ1) is 10.3. The van der Waals surface area contributed by atoms with Crippen LogP contribution in [0.3, 0.4) is 0 Å². The lowest BCUT2D eigenvalue weighted by molar-refractivity contribution is -0.122. The Bertz CT molecular complexity index is 589. The van der Waals surface area contributed by atoms with Crippen molar-refractivity contribution in [1.82, 2.24) is 10.3 Å². The fourth-order valence-corrected chi connectivity index (χ4v) is 3.22. The molecule has 0 spiro atoms. The number of carbonyl (C=O) groups excluding carboxylic acids is 1. The molecule has 0 saturated heterocycles. The van der Waals surface area contributed by atoms with Gasteiger partial charge in [0.2, 0.25) is 5.91 Å². The number of rotatable bonds is 4. The van der Waals surface area contributed by atoms with Crippen LogP contribution >= 0.6 is 0 Å². The molecule has 1 aliphatic carbocycles. The van der Waals surface area contributed by atoms with Crippen LogP contribution in [0.25, 0.3) is 0 Å². The summed E-state index contributed by atoms with van der Waals surface area (Å²) in [5.41, 5.74) is 2.06. The third-order valence-corrected chi connectivity index (χ3v) is 4.28. The first-order valence-electron chi connectivity index (χ1n) is 7.54. The molecule has 108 valence electrons. The highest BCUT2D eigenvalue weighted by molar-refractivity contribution is 5.79. The van der Waals surface area contributed by atoms with Gasteiger partial charge in [0.25, 0.3) is 0 Å². The molecule has 3 heteroatoms. The molecule has 1 aromatic heterocycles. The Balaban J connectivity index is 1.75. The second-order valence-electron chi connectivity index (χ2n) is 5.74. The van der Waals surface area contributed by atoms with Gasteiger partial charge < -0.3 is 5.32 Å². The number of pyridine rings is 1. The van der Waals surface area contributed by atoms with E-state index < -0.39 is 0 Å². The standard InChI is InChI=1S/C18H20N2O/c21-17(14-15-8-12-19-13-9-15)20-18(10-4-5-11-18)16-6-2-1-3-7-16/h1-3,6-9,12-13H,4-5,10-11,14H2,(H,20,21). The minimum absolute atomic E-state index is 0.0898. The third kappa shape index (κ3) is 3.13. The van der Waals surface area contributed by atoms with E-state index in [2.05, 4.69) is 22.4 Å². The third-order valence-electron chi connectivity index (χ3n) is 4.28. The topological polar surface area (TPSA) is 42.0 Å². The second kappa shape index (κ2) is 6.08. The summed E-state index contributed by atoms with van der Waals surface area (Å²) in [7, 11) is 0. The normalized spacial score (nSPS) is 16.6. The average molecular weight is 280 g/mol. The number of carbonyl (C=O) groups is 1. The average Bonchev–Trinajstić information content (AvgIpc) is 2.99. The maximum Gasteiger partial charge on any atom is 0.225 e. The van der Waals surface area contributed by atoms with Crippen LogP contribution in [-0.2, 0) is 16.8 Å². The number of nitrogens with zero attached hydrogens (tertiary/aromatic N) is 1. The number of benzene rings is 1. The molecule has 3 rings (SSSR count). The predicted molar refractivity (Wildman–Crippen MR) is 82.7 cm³/mol. The summed E-state index contributed by atoms with van der Waals surface area (Å²) >= 11 is 0. The first kappa shape index (κ1) is 13.8. The largest absolute Gasteiger partial charge is 0.346 e. The van der Waals surface area contributed by atoms with E-state index in [0.29, 0.717) is 6.42 Å². The van der Waals surface area contributed by atoms with Gasteiger partial charge in [-0.3, -0.25) is 9.78 Å². The van der Waals surface area contributed by atoms with E-state index >= 15 is 0 Å². The van der Waals surface area contributed by atoms with Crippen molar-refractivity contribution in [2.75, 3.05) is 0 Å². The monoisotopic (exact) mass is 280 g/mol. The second-order valence-corrected chi connectivity index (χ2v) is 5.74. The van der Waals surface area contributed by atoms with E-state index in [1.54, 1.807) is 12.4 Å². The van der Waals surface area contributed by atoms with Crippen molar-refractivity contribution < 1.29 is 4.79 Å². The molecule has 1 fully saturated rings. The minimum Gasteiger partial charge on any atom is -0.346 e. The molecule has 1 saturated carbocycles. The van der Waals surface area contributed by atoms with Gasteiger partial charge in [-0.05, 0) is 36.1 Å². The Morgan fingerprint density at radius 2 is 1.71 bits per heavy atom. The summed E-state index contributed by atoms with van der Waals surface area (Å²) in [5.74, 6) is 0.0898. The molecule has 1 aliphatic rings. The molecule has 0 radical (unpaired) electrons. The van der Waals surface area contributed by atoms with Crippen LogP contribution in [0.5, 0.6) is 0 Å². The highest BCUT2D eigenvalue weighted by Crippen LogP contribution is 2.38. The number of hydrogen-bond donors (Lipinski definition) is 1. The van der Waals surface area contributed by atoms with Gasteiger partial charge in [-0.1, -0.05) is 43.2 Å². The Hall–Kier alpha value is -2.16. The lowest BCUT2D eigenvalue weighted by Gasteiger charge is -2.31. The van der Waals surface area contributed by atoms with Gasteiger partial charge in [0.15, 0.2) is 0 Å². The van der Waals surface area contributed by atoms with Gasteiger partial charge in [-0.2, -0.15) is 0 Å². The zero-order valence-electron chi connectivity index (χ0n) is 12.1. The van der Waals surface area contributed by atoms with Gasteiger partial charge >= 0.3 is 0 Å². The van der Waals surface area contributed by atoms with Gasteiger partial charge in [0.05, 0.1) is 12.0 Å². The molecule has 1 N–H and O–H groups in total. The van der Waals surface area contributed by atoms with Gasteiger partial charge in [0, 0.05) is 12.4 Å². The van der Waals surface area contributed by atoms with Crippen molar-refractivity contribution in [2.45, 2.75) is 37.6 Å². The zero-order chi connectivity index (χ0) is 14.5. The molecule has 0 atom stereocenters. The van der Waals surface area contributed by atoms with E-state index in [1.807, 2.05) is 30.3 Å². The fraction of sp³-hybridized carbons (Fsp3) is 0.333. The van der Waals surface area contributed by atoms with Crippen LogP contribution in [0.2, 0.25) is 0 Å². The Kier molecular flexibility index (Phi) is 4.00. The van der Waals surface area contributed by atoms with Crippen LogP contribution in [-0.4, -0.2) is 10.9 Å². The number of amides is 1. The van der Waals surface area contributed by atoms with Gasteiger partial charge in [0.1, 0.15) is 0 Å². The van der Waals surface area contributed by atoms with Crippen molar-refractivity contribution in [3.8, 4) is 0 Å². The van der Waals surface area contributed by atoms with E-state index in [-0.39, 0.29) is 11.4 Å². The molecule has 0 unspecified atom stereocenters. The smallest absolute Gasteiger partial charge is 0.225 e. The molecule has 1 amide bonds. The molecule has 0 aliphatic heterocycles. The highest BCUT2D eigenvalue weighted by atomic mass is 16.1. The molecule has 1 heterocycles. The summed E-state index contributed by atoms with van der Waals surface area (Å²) in [5, 5.41) is 3.30. The summed E-state index contributed by atoms with van der Waals surface area (Å²) < 4.78 is 0. The van der Waals surface area contributed by atoms with Gasteiger partial charge in [-0.25, -0.2) is 0 Å². The number of hydrogen-bond acceptors (Lipinski definition) is 2. The molecule has 2 aromatic rings. The lowest BCUT2D eigenvalue weighted by atomic mass is 9.88. The highest BCUT2D eigenvalue weighted by Gasteiger charge is 2.36. The molecular formula is C18H20N2O. The summed E-state index contributed by atoms with van der Waals surface area (Å²) in [6, 6.07) is 14.1. The van der Waals surface area contributed by atoms with E-state index in [0.717, 1.165) is 18.4 Å². The van der Waals surface area contributed by atoms with E-state index in [1.165, 1.54) is 18.4 Å². The van der Waals surface area contributed by atoms with Crippen molar-refractivity contribution in [3.05, 3.63) is 66.0 Å². The van der Waals surface area contributed by atoms with Crippen LogP contribution < -0.4 is 5.32 Å². The van der Waals surface area contributed by atoms with Crippen LogP contribution in [0.4, 0.5) is 0 Å². The quantitative estimate of drug-likeness (QED) is 0.934.